The van der Waals surface area contributed by atoms with Gasteiger partial charge in [-0.1, -0.05) is 0 Å². The number of amides is 2. The summed E-state index contributed by atoms with van der Waals surface area (Å²) in [6, 6.07) is -0.185. The maximum atomic E-state index is 13.0. The summed E-state index contributed by atoms with van der Waals surface area (Å²) < 4.78 is 7.72. The first-order valence-corrected chi connectivity index (χ1v) is 8.78. The fourth-order valence-corrected chi connectivity index (χ4v) is 3.64. The van der Waals surface area contributed by atoms with Crippen LogP contribution in [0.25, 0.3) is 0 Å². The number of hydrogen-bond donors (Lipinski definition) is 0. The molecule has 0 unspecified atom stereocenters. The quantitative estimate of drug-likeness (QED) is 0.741. The standard InChI is InChI=1S/C17H27N5O3/c1-19(2)11-14-17(13-9-18-20(3)10-13)22(7-8-25-14)16(24)12-21-6-4-5-15(21)23/h9-10,14,17H,4-8,11-12H2,1-3H3/t14-,17-/m0/s1. The smallest absolute Gasteiger partial charge is 0.242 e. The molecule has 0 saturated carbocycles. The molecule has 25 heavy (non-hydrogen) atoms. The highest BCUT2D eigenvalue weighted by Gasteiger charge is 2.38. The Labute approximate surface area is 148 Å². The number of morpholine rings is 1. The lowest BCUT2D eigenvalue weighted by atomic mass is 10.00. The van der Waals surface area contributed by atoms with Crippen molar-refractivity contribution in [1.29, 1.82) is 0 Å². The molecule has 8 heteroatoms. The number of carbonyl (C=O) groups is 2. The zero-order valence-electron chi connectivity index (χ0n) is 15.2. The molecule has 1 aromatic rings. The molecular formula is C17H27N5O3. The molecule has 138 valence electrons. The summed E-state index contributed by atoms with van der Waals surface area (Å²) in [6.45, 7) is 2.59. The summed E-state index contributed by atoms with van der Waals surface area (Å²) in [7, 11) is 5.85. The van der Waals surface area contributed by atoms with Gasteiger partial charge >= 0.3 is 0 Å². The number of carbonyl (C=O) groups excluding carboxylic acids is 2. The van der Waals surface area contributed by atoms with Gasteiger partial charge in [0.25, 0.3) is 0 Å². The Balaban J connectivity index is 1.81. The van der Waals surface area contributed by atoms with E-state index in [0.717, 1.165) is 12.0 Å². The second kappa shape index (κ2) is 7.53. The Bertz CT molecular complexity index is 630. The Morgan fingerprint density at radius 1 is 1.40 bits per heavy atom. The van der Waals surface area contributed by atoms with E-state index in [2.05, 4.69) is 10.00 Å². The number of ether oxygens (including phenoxy) is 1. The minimum atomic E-state index is -0.185. The van der Waals surface area contributed by atoms with Gasteiger partial charge in [0.05, 0.1) is 31.5 Å². The van der Waals surface area contributed by atoms with Crippen LogP contribution in [-0.4, -0.2) is 89.3 Å². The highest BCUT2D eigenvalue weighted by Crippen LogP contribution is 2.30. The summed E-state index contributed by atoms with van der Waals surface area (Å²) in [5.74, 6) is 0.0561. The molecule has 0 N–H and O–H groups in total. The first-order chi connectivity index (χ1) is 12.0. The Kier molecular flexibility index (Phi) is 5.39. The number of rotatable bonds is 5. The first-order valence-electron chi connectivity index (χ1n) is 8.78. The zero-order chi connectivity index (χ0) is 18.0. The van der Waals surface area contributed by atoms with Gasteiger partial charge in [-0.15, -0.1) is 0 Å². The molecule has 2 saturated heterocycles. The van der Waals surface area contributed by atoms with Gasteiger partial charge in [0.15, 0.2) is 0 Å². The van der Waals surface area contributed by atoms with E-state index in [1.807, 2.05) is 32.2 Å². The van der Waals surface area contributed by atoms with Crippen LogP contribution >= 0.6 is 0 Å². The minimum absolute atomic E-state index is 0.0174. The van der Waals surface area contributed by atoms with Crippen LogP contribution in [0.5, 0.6) is 0 Å². The lowest BCUT2D eigenvalue weighted by molar-refractivity contribution is -0.151. The second-order valence-corrected chi connectivity index (χ2v) is 7.07. The van der Waals surface area contributed by atoms with E-state index in [1.54, 1.807) is 15.8 Å². The Morgan fingerprint density at radius 3 is 2.80 bits per heavy atom. The SMILES string of the molecule is CN(C)C[C@@H]1OCCN(C(=O)CN2CCCC2=O)[C@H]1c1cnn(C)c1. The van der Waals surface area contributed by atoms with Gasteiger partial charge in [0.1, 0.15) is 0 Å². The van der Waals surface area contributed by atoms with Gasteiger partial charge in [0, 0.05) is 44.9 Å². The first kappa shape index (κ1) is 17.9. The highest BCUT2D eigenvalue weighted by atomic mass is 16.5. The third-order valence-electron chi connectivity index (χ3n) is 4.78. The number of likely N-dealkylation sites (tertiary alicyclic amines) is 1. The zero-order valence-corrected chi connectivity index (χ0v) is 15.2. The van der Waals surface area contributed by atoms with Crippen molar-refractivity contribution in [2.24, 2.45) is 7.05 Å². The van der Waals surface area contributed by atoms with Crippen molar-refractivity contribution >= 4 is 11.8 Å². The molecule has 2 amide bonds. The van der Waals surface area contributed by atoms with Crippen LogP contribution in [0.4, 0.5) is 0 Å². The van der Waals surface area contributed by atoms with E-state index < -0.39 is 0 Å². The van der Waals surface area contributed by atoms with Gasteiger partial charge in [-0.2, -0.15) is 5.10 Å². The Hall–Kier alpha value is -1.93. The summed E-state index contributed by atoms with van der Waals surface area (Å²) >= 11 is 0. The summed E-state index contributed by atoms with van der Waals surface area (Å²) in [5.41, 5.74) is 0.968. The molecule has 2 fully saturated rings. The fraction of sp³-hybridized carbons (Fsp3) is 0.706. The van der Waals surface area contributed by atoms with Crippen molar-refractivity contribution in [2.45, 2.75) is 25.0 Å². The van der Waals surface area contributed by atoms with E-state index in [-0.39, 0.29) is 30.5 Å². The molecule has 1 aromatic heterocycles. The van der Waals surface area contributed by atoms with E-state index in [4.69, 9.17) is 4.74 Å². The van der Waals surface area contributed by atoms with Crippen LogP contribution in [0, 0.1) is 0 Å². The largest absolute Gasteiger partial charge is 0.373 e. The average molecular weight is 349 g/mol. The van der Waals surface area contributed by atoms with E-state index in [0.29, 0.717) is 32.7 Å². The van der Waals surface area contributed by atoms with Gasteiger partial charge in [-0.05, 0) is 20.5 Å². The van der Waals surface area contributed by atoms with Crippen molar-refractivity contribution < 1.29 is 14.3 Å². The number of nitrogens with zero attached hydrogens (tertiary/aromatic N) is 5. The topological polar surface area (TPSA) is 70.9 Å². The molecule has 0 spiro atoms. The van der Waals surface area contributed by atoms with Crippen LogP contribution < -0.4 is 0 Å². The second-order valence-electron chi connectivity index (χ2n) is 7.07. The monoisotopic (exact) mass is 349 g/mol. The van der Waals surface area contributed by atoms with Gasteiger partial charge in [-0.3, -0.25) is 14.3 Å². The fourth-order valence-electron chi connectivity index (χ4n) is 3.64. The average Bonchev–Trinajstić information content (AvgIpc) is 3.15. The summed E-state index contributed by atoms with van der Waals surface area (Å²) in [5, 5.41) is 4.26. The summed E-state index contributed by atoms with van der Waals surface area (Å²) in [4.78, 5) is 30.4. The molecule has 2 aliphatic heterocycles. The van der Waals surface area contributed by atoms with Crippen LogP contribution in [0.1, 0.15) is 24.4 Å². The van der Waals surface area contributed by atoms with Crippen LogP contribution in [0.15, 0.2) is 12.4 Å². The molecule has 0 aromatic carbocycles. The molecule has 3 heterocycles. The number of aromatic nitrogens is 2. The number of aryl methyl sites for hydroxylation is 1. The number of likely N-dealkylation sites (N-methyl/N-ethyl adjacent to an activating group) is 1. The van der Waals surface area contributed by atoms with Crippen LogP contribution in [0.3, 0.4) is 0 Å². The van der Waals surface area contributed by atoms with E-state index >= 15 is 0 Å². The molecular weight excluding hydrogens is 322 g/mol. The lowest BCUT2D eigenvalue weighted by Crippen LogP contribution is -2.53. The van der Waals surface area contributed by atoms with Crippen molar-refractivity contribution in [3.63, 3.8) is 0 Å². The molecule has 2 atom stereocenters. The van der Waals surface area contributed by atoms with Gasteiger partial charge in [-0.25, -0.2) is 0 Å². The van der Waals surface area contributed by atoms with Crippen molar-refractivity contribution in [2.75, 3.05) is 46.9 Å². The normalized spacial score (nSPS) is 24.4. The number of hydrogen-bond acceptors (Lipinski definition) is 5. The maximum Gasteiger partial charge on any atom is 0.242 e. The van der Waals surface area contributed by atoms with Crippen molar-refractivity contribution in [1.82, 2.24) is 24.5 Å². The summed E-state index contributed by atoms with van der Waals surface area (Å²) in [6.07, 6.45) is 4.99. The van der Waals surface area contributed by atoms with Gasteiger partial charge in [0.2, 0.25) is 11.8 Å². The molecule has 2 aliphatic rings. The minimum Gasteiger partial charge on any atom is -0.373 e. The lowest BCUT2D eigenvalue weighted by Gasteiger charge is -2.42. The van der Waals surface area contributed by atoms with Gasteiger partial charge < -0.3 is 19.4 Å². The van der Waals surface area contributed by atoms with Crippen molar-refractivity contribution in [3.05, 3.63) is 18.0 Å². The van der Waals surface area contributed by atoms with Crippen LogP contribution in [0.2, 0.25) is 0 Å². The van der Waals surface area contributed by atoms with E-state index in [9.17, 15) is 9.59 Å². The molecule has 3 rings (SSSR count). The Morgan fingerprint density at radius 2 is 2.20 bits per heavy atom. The molecule has 0 bridgehead atoms. The van der Waals surface area contributed by atoms with Crippen LogP contribution in [-0.2, 0) is 21.4 Å². The maximum absolute atomic E-state index is 13.0. The third-order valence-corrected chi connectivity index (χ3v) is 4.78. The molecule has 8 nitrogen and oxygen atoms in total. The molecule has 0 radical (unpaired) electrons. The van der Waals surface area contributed by atoms with E-state index in [1.165, 1.54) is 0 Å². The predicted molar refractivity (Wildman–Crippen MR) is 91.8 cm³/mol. The highest BCUT2D eigenvalue weighted by molar-refractivity contribution is 5.86. The predicted octanol–water partition coefficient (Wildman–Crippen LogP) is -0.127. The third kappa shape index (κ3) is 4.01. The molecule has 0 aliphatic carbocycles. The van der Waals surface area contributed by atoms with Crippen molar-refractivity contribution in [3.8, 4) is 0 Å².